The molecule has 2 aromatic rings. The highest BCUT2D eigenvalue weighted by molar-refractivity contribution is 5.94. The van der Waals surface area contributed by atoms with E-state index >= 15 is 0 Å². The lowest BCUT2D eigenvalue weighted by Crippen LogP contribution is -2.36. The van der Waals surface area contributed by atoms with Crippen LogP contribution in [0.3, 0.4) is 0 Å². The molecule has 0 fully saturated rings. The SMILES string of the molecule is N[C@H](CCc1ccccc1)C(=O)Nc1cc(F)c(F)c(F)c1. The van der Waals surface area contributed by atoms with Crippen LogP contribution in [-0.4, -0.2) is 11.9 Å². The third-order valence-corrected chi connectivity index (χ3v) is 3.17. The number of carbonyl (C=O) groups excluding carboxylic acids is 1. The Morgan fingerprint density at radius 2 is 1.68 bits per heavy atom. The topological polar surface area (TPSA) is 55.1 Å². The van der Waals surface area contributed by atoms with Gasteiger partial charge in [0.1, 0.15) is 0 Å². The predicted octanol–water partition coefficient (Wildman–Crippen LogP) is 3.00. The van der Waals surface area contributed by atoms with Crippen molar-refractivity contribution in [1.29, 1.82) is 0 Å². The number of hydrogen-bond donors (Lipinski definition) is 2. The molecule has 6 heteroatoms. The number of rotatable bonds is 5. The second-order valence-corrected chi connectivity index (χ2v) is 4.87. The third kappa shape index (κ3) is 4.08. The maximum absolute atomic E-state index is 13.1. The van der Waals surface area contributed by atoms with E-state index in [-0.39, 0.29) is 5.69 Å². The van der Waals surface area contributed by atoms with Crippen LogP contribution in [0.2, 0.25) is 0 Å². The molecule has 0 radical (unpaired) electrons. The van der Waals surface area contributed by atoms with Crippen LogP contribution in [0.25, 0.3) is 0 Å². The minimum Gasteiger partial charge on any atom is -0.325 e. The van der Waals surface area contributed by atoms with Crippen LogP contribution in [0.4, 0.5) is 18.9 Å². The van der Waals surface area contributed by atoms with Crippen LogP contribution in [0.15, 0.2) is 42.5 Å². The Labute approximate surface area is 125 Å². The zero-order valence-electron chi connectivity index (χ0n) is 11.7. The molecule has 2 aromatic carbocycles. The molecule has 0 aliphatic rings. The van der Waals surface area contributed by atoms with Crippen molar-refractivity contribution in [1.82, 2.24) is 0 Å². The summed E-state index contributed by atoms with van der Waals surface area (Å²) < 4.78 is 39.0. The Kier molecular flexibility index (Phi) is 5.16. The van der Waals surface area contributed by atoms with Crippen molar-refractivity contribution in [3.05, 3.63) is 65.5 Å². The van der Waals surface area contributed by atoms with Gasteiger partial charge in [-0.1, -0.05) is 30.3 Å². The lowest BCUT2D eigenvalue weighted by atomic mass is 10.1. The lowest BCUT2D eigenvalue weighted by molar-refractivity contribution is -0.117. The standard InChI is InChI=1S/C16H15F3N2O/c17-12-8-11(9-13(18)15(12)19)21-16(22)14(20)7-6-10-4-2-1-3-5-10/h1-5,8-9,14H,6-7,20H2,(H,21,22)/t14-/m1/s1. The molecule has 0 heterocycles. The van der Waals surface area contributed by atoms with E-state index in [1.165, 1.54) is 0 Å². The van der Waals surface area contributed by atoms with Gasteiger partial charge in [-0.2, -0.15) is 0 Å². The molecule has 0 saturated carbocycles. The molecule has 2 rings (SSSR count). The second-order valence-electron chi connectivity index (χ2n) is 4.87. The van der Waals surface area contributed by atoms with Gasteiger partial charge in [-0.05, 0) is 18.4 Å². The molecule has 0 bridgehead atoms. The maximum atomic E-state index is 13.1. The molecular weight excluding hydrogens is 293 g/mol. The number of aryl methyl sites for hydroxylation is 1. The molecule has 0 spiro atoms. The summed E-state index contributed by atoms with van der Waals surface area (Å²) in [5, 5.41) is 2.28. The molecule has 3 nitrogen and oxygen atoms in total. The molecule has 22 heavy (non-hydrogen) atoms. The number of nitrogens with two attached hydrogens (primary N) is 1. The van der Waals surface area contributed by atoms with Gasteiger partial charge in [0, 0.05) is 17.8 Å². The first-order valence-corrected chi connectivity index (χ1v) is 6.72. The van der Waals surface area contributed by atoms with Crippen molar-refractivity contribution in [2.75, 3.05) is 5.32 Å². The van der Waals surface area contributed by atoms with Gasteiger partial charge in [0.15, 0.2) is 17.5 Å². The van der Waals surface area contributed by atoms with Crippen LogP contribution in [0, 0.1) is 17.5 Å². The summed E-state index contributed by atoms with van der Waals surface area (Å²) in [6, 6.07) is 10.0. The van der Waals surface area contributed by atoms with Gasteiger partial charge < -0.3 is 11.1 Å². The van der Waals surface area contributed by atoms with Crippen molar-refractivity contribution in [3.63, 3.8) is 0 Å². The highest BCUT2D eigenvalue weighted by Crippen LogP contribution is 2.17. The van der Waals surface area contributed by atoms with Gasteiger partial charge in [-0.25, -0.2) is 13.2 Å². The highest BCUT2D eigenvalue weighted by Gasteiger charge is 2.16. The lowest BCUT2D eigenvalue weighted by Gasteiger charge is -2.12. The smallest absolute Gasteiger partial charge is 0.241 e. The maximum Gasteiger partial charge on any atom is 0.241 e. The minimum atomic E-state index is -1.58. The van der Waals surface area contributed by atoms with Gasteiger partial charge in [0.2, 0.25) is 5.91 Å². The van der Waals surface area contributed by atoms with Crippen molar-refractivity contribution >= 4 is 11.6 Å². The second kappa shape index (κ2) is 7.09. The van der Waals surface area contributed by atoms with Crippen LogP contribution in [0.1, 0.15) is 12.0 Å². The van der Waals surface area contributed by atoms with E-state index in [1.807, 2.05) is 30.3 Å². The van der Waals surface area contributed by atoms with Gasteiger partial charge >= 0.3 is 0 Å². The zero-order valence-corrected chi connectivity index (χ0v) is 11.7. The molecule has 0 aromatic heterocycles. The van der Waals surface area contributed by atoms with Gasteiger partial charge in [0.25, 0.3) is 0 Å². The molecule has 0 aliphatic carbocycles. The van der Waals surface area contributed by atoms with Crippen LogP contribution < -0.4 is 11.1 Å². The quantitative estimate of drug-likeness (QED) is 0.834. The monoisotopic (exact) mass is 308 g/mol. The highest BCUT2D eigenvalue weighted by atomic mass is 19.2. The summed E-state index contributed by atoms with van der Waals surface area (Å²) in [5.74, 6) is -4.89. The van der Waals surface area contributed by atoms with E-state index in [9.17, 15) is 18.0 Å². The normalized spacial score (nSPS) is 12.0. The summed E-state index contributed by atoms with van der Waals surface area (Å²) >= 11 is 0. The van der Waals surface area contributed by atoms with E-state index in [1.54, 1.807) is 0 Å². The van der Waals surface area contributed by atoms with Crippen molar-refractivity contribution in [3.8, 4) is 0 Å². The Hall–Kier alpha value is -2.34. The number of anilines is 1. The molecule has 0 unspecified atom stereocenters. The molecule has 0 aliphatic heterocycles. The number of nitrogens with one attached hydrogen (secondary N) is 1. The first kappa shape index (κ1) is 16.0. The first-order chi connectivity index (χ1) is 10.5. The average molecular weight is 308 g/mol. The summed E-state index contributed by atoms with van der Waals surface area (Å²) in [4.78, 5) is 11.9. The molecule has 3 N–H and O–H groups in total. The number of hydrogen-bond acceptors (Lipinski definition) is 2. The van der Waals surface area contributed by atoms with Crippen molar-refractivity contribution in [2.24, 2.45) is 5.73 Å². The Balaban J connectivity index is 1.94. The zero-order chi connectivity index (χ0) is 16.1. The van der Waals surface area contributed by atoms with Crippen molar-refractivity contribution in [2.45, 2.75) is 18.9 Å². The van der Waals surface area contributed by atoms with Crippen LogP contribution in [0.5, 0.6) is 0 Å². The average Bonchev–Trinajstić information content (AvgIpc) is 2.51. The Morgan fingerprint density at radius 1 is 1.09 bits per heavy atom. The third-order valence-electron chi connectivity index (χ3n) is 3.17. The largest absolute Gasteiger partial charge is 0.325 e. The summed E-state index contributed by atoms with van der Waals surface area (Å²) in [5.41, 5.74) is 6.61. The van der Waals surface area contributed by atoms with E-state index in [0.29, 0.717) is 25.0 Å². The number of amides is 1. The van der Waals surface area contributed by atoms with E-state index in [4.69, 9.17) is 5.73 Å². The van der Waals surface area contributed by atoms with E-state index in [2.05, 4.69) is 5.32 Å². The molecular formula is C16H15F3N2O. The van der Waals surface area contributed by atoms with E-state index < -0.39 is 29.4 Å². The molecule has 1 amide bonds. The number of carbonyl (C=O) groups is 1. The summed E-state index contributed by atoms with van der Waals surface area (Å²) in [6.07, 6.45) is 0.976. The van der Waals surface area contributed by atoms with Crippen LogP contribution >= 0.6 is 0 Å². The van der Waals surface area contributed by atoms with E-state index in [0.717, 1.165) is 5.56 Å². The molecule has 1 atom stereocenters. The van der Waals surface area contributed by atoms with Crippen molar-refractivity contribution < 1.29 is 18.0 Å². The molecule has 0 saturated heterocycles. The summed E-state index contributed by atoms with van der Waals surface area (Å²) in [7, 11) is 0. The molecule has 116 valence electrons. The Morgan fingerprint density at radius 3 is 2.27 bits per heavy atom. The van der Waals surface area contributed by atoms with Gasteiger partial charge in [-0.3, -0.25) is 4.79 Å². The van der Waals surface area contributed by atoms with Gasteiger partial charge in [-0.15, -0.1) is 0 Å². The fourth-order valence-corrected chi connectivity index (χ4v) is 1.96. The first-order valence-electron chi connectivity index (χ1n) is 6.72. The number of benzene rings is 2. The summed E-state index contributed by atoms with van der Waals surface area (Å²) in [6.45, 7) is 0. The van der Waals surface area contributed by atoms with Crippen LogP contribution in [-0.2, 0) is 11.2 Å². The predicted molar refractivity (Wildman–Crippen MR) is 77.7 cm³/mol. The Bertz CT molecular complexity index is 639. The fraction of sp³-hybridized carbons (Fsp3) is 0.188. The minimum absolute atomic E-state index is 0.170. The fourth-order valence-electron chi connectivity index (χ4n) is 1.96. The number of halogens is 3. The van der Waals surface area contributed by atoms with Gasteiger partial charge in [0.05, 0.1) is 6.04 Å².